The second kappa shape index (κ2) is 11.3. The fraction of sp³-hybridized carbons (Fsp3) is 0.882. The van der Waals surface area contributed by atoms with Crippen molar-refractivity contribution >= 4 is 12.1 Å². The Hall–Kier alpha value is -1.38. The Morgan fingerprint density at radius 3 is 1.80 bits per heavy atom. The molecule has 0 spiro atoms. The Morgan fingerprint density at radius 1 is 1.04 bits per heavy atom. The van der Waals surface area contributed by atoms with E-state index in [1.165, 1.54) is 0 Å². The molecule has 1 amide bonds. The molecule has 0 aromatic rings. The second-order valence-electron chi connectivity index (χ2n) is 7.84. The number of alkyl carbamates (subject to hydrolysis) is 1. The maximum atomic E-state index is 11.2. The van der Waals surface area contributed by atoms with Gasteiger partial charge in [0.2, 0.25) is 0 Å². The van der Waals surface area contributed by atoms with Gasteiger partial charge in [0.1, 0.15) is 11.2 Å². The predicted molar refractivity (Wildman–Crippen MR) is 96.2 cm³/mol. The molecule has 8 heteroatoms. The van der Waals surface area contributed by atoms with Crippen LogP contribution in [0.3, 0.4) is 0 Å². The lowest BCUT2D eigenvalue weighted by atomic mass is 10.1. The zero-order valence-corrected chi connectivity index (χ0v) is 17.0. The Kier molecular flexibility index (Phi) is 11.7. The van der Waals surface area contributed by atoms with Crippen LogP contribution in [0.4, 0.5) is 4.79 Å². The van der Waals surface area contributed by atoms with Gasteiger partial charge in [-0.15, -0.1) is 0 Å². The van der Waals surface area contributed by atoms with Crippen molar-refractivity contribution in [1.82, 2.24) is 5.32 Å². The van der Waals surface area contributed by atoms with Crippen molar-refractivity contribution in [2.24, 2.45) is 5.73 Å². The van der Waals surface area contributed by atoms with Crippen molar-refractivity contribution in [3.8, 4) is 0 Å². The van der Waals surface area contributed by atoms with Crippen LogP contribution in [0, 0.1) is 0 Å². The number of nitrogens with two attached hydrogens (primary N) is 1. The first-order valence-electron chi connectivity index (χ1n) is 8.24. The molecular formula is C17H36N2O6. The van der Waals surface area contributed by atoms with Gasteiger partial charge in [0.05, 0.1) is 12.6 Å². The number of methoxy groups -OCH3 is 1. The van der Waals surface area contributed by atoms with Crippen molar-refractivity contribution in [1.29, 1.82) is 0 Å². The number of aliphatic hydroxyl groups is 1. The standard InChI is InChI=1S/C9H19NO3.C8H17NO3/c1-7(6-12-5)10-8(11)13-9(2,3)4;1-5(9)6(10)7(11)12-8(2,3)4/h7H,6H2,1-5H3,(H,10,11);5-6,10H,9H2,1-4H3/t7-;5?,6-/m00/s1. The Bertz CT molecular complexity index is 399. The maximum absolute atomic E-state index is 11.2. The molecule has 25 heavy (non-hydrogen) atoms. The minimum Gasteiger partial charge on any atom is -0.458 e. The molecule has 4 N–H and O–H groups in total. The van der Waals surface area contributed by atoms with Gasteiger partial charge < -0.3 is 30.4 Å². The van der Waals surface area contributed by atoms with E-state index < -0.39 is 35.4 Å². The van der Waals surface area contributed by atoms with Crippen LogP contribution in [-0.2, 0) is 19.0 Å². The van der Waals surface area contributed by atoms with Crippen LogP contribution in [0.15, 0.2) is 0 Å². The summed E-state index contributed by atoms with van der Waals surface area (Å²) in [7, 11) is 1.59. The highest BCUT2D eigenvalue weighted by Gasteiger charge is 2.25. The van der Waals surface area contributed by atoms with Gasteiger partial charge in [0.15, 0.2) is 6.10 Å². The van der Waals surface area contributed by atoms with E-state index in [0.29, 0.717) is 6.61 Å². The number of rotatable bonds is 5. The number of esters is 1. The third kappa shape index (κ3) is 17.2. The molecule has 8 nitrogen and oxygen atoms in total. The van der Waals surface area contributed by atoms with Crippen molar-refractivity contribution < 1.29 is 28.9 Å². The van der Waals surface area contributed by atoms with Gasteiger partial charge in [-0.05, 0) is 55.4 Å². The minimum atomic E-state index is -1.23. The summed E-state index contributed by atoms with van der Waals surface area (Å²) in [5.74, 6) is -0.669. The number of nitrogens with one attached hydrogen (secondary N) is 1. The largest absolute Gasteiger partial charge is 0.458 e. The summed E-state index contributed by atoms with van der Waals surface area (Å²) in [6, 6.07) is -0.625. The van der Waals surface area contributed by atoms with Crippen LogP contribution < -0.4 is 11.1 Å². The normalized spacial score (nSPS) is 15.2. The maximum Gasteiger partial charge on any atom is 0.407 e. The summed E-state index contributed by atoms with van der Waals surface area (Å²) in [6.07, 6.45) is -1.64. The van der Waals surface area contributed by atoms with Crippen LogP contribution in [-0.4, -0.2) is 60.3 Å². The first-order chi connectivity index (χ1) is 11.1. The smallest absolute Gasteiger partial charge is 0.407 e. The summed E-state index contributed by atoms with van der Waals surface area (Å²) >= 11 is 0. The first-order valence-corrected chi connectivity index (χ1v) is 8.24. The number of carbonyl (C=O) groups is 2. The average molecular weight is 364 g/mol. The Labute approximate surface area is 151 Å². The molecule has 0 rings (SSSR count). The summed E-state index contributed by atoms with van der Waals surface area (Å²) in [6.45, 7) is 14.6. The van der Waals surface area contributed by atoms with Crippen molar-refractivity contribution in [3.63, 3.8) is 0 Å². The fourth-order valence-electron chi connectivity index (χ4n) is 1.38. The number of hydrogen-bond acceptors (Lipinski definition) is 7. The highest BCUT2D eigenvalue weighted by Crippen LogP contribution is 2.09. The van der Waals surface area contributed by atoms with Gasteiger partial charge in [-0.1, -0.05) is 0 Å². The zero-order chi connectivity index (χ0) is 20.4. The average Bonchev–Trinajstić information content (AvgIpc) is 2.33. The molecule has 0 heterocycles. The van der Waals surface area contributed by atoms with Crippen molar-refractivity contribution in [2.75, 3.05) is 13.7 Å². The van der Waals surface area contributed by atoms with E-state index in [2.05, 4.69) is 5.32 Å². The second-order valence-corrected chi connectivity index (χ2v) is 7.84. The molecule has 0 aromatic heterocycles. The predicted octanol–water partition coefficient (Wildman–Crippen LogP) is 1.58. The fourth-order valence-corrected chi connectivity index (χ4v) is 1.38. The Balaban J connectivity index is 0. The summed E-state index contributed by atoms with van der Waals surface area (Å²) in [5, 5.41) is 11.8. The van der Waals surface area contributed by atoms with Gasteiger partial charge >= 0.3 is 12.1 Å². The van der Waals surface area contributed by atoms with Crippen molar-refractivity contribution in [2.45, 2.75) is 84.8 Å². The summed E-state index contributed by atoms with van der Waals surface area (Å²) in [4.78, 5) is 22.2. The third-order valence-electron chi connectivity index (χ3n) is 2.33. The third-order valence-corrected chi connectivity index (χ3v) is 2.33. The van der Waals surface area contributed by atoms with Crippen LogP contribution in [0.1, 0.15) is 55.4 Å². The van der Waals surface area contributed by atoms with Crippen LogP contribution in [0.5, 0.6) is 0 Å². The lowest BCUT2D eigenvalue weighted by molar-refractivity contribution is -0.165. The minimum absolute atomic E-state index is 0.0279. The van der Waals surface area contributed by atoms with Gasteiger partial charge in [-0.25, -0.2) is 9.59 Å². The molecule has 0 aliphatic carbocycles. The molecule has 0 aromatic carbocycles. The van der Waals surface area contributed by atoms with Gasteiger partial charge in [0.25, 0.3) is 0 Å². The molecule has 0 radical (unpaired) electrons. The molecule has 0 bridgehead atoms. The summed E-state index contributed by atoms with van der Waals surface area (Å²) < 4.78 is 14.8. The molecule has 0 saturated heterocycles. The first kappa shape index (κ1) is 25.9. The van der Waals surface area contributed by atoms with Crippen LogP contribution in [0.25, 0.3) is 0 Å². The SMILES string of the molecule is CC(N)[C@H](O)C(=O)OC(C)(C)C.COC[C@H](C)NC(=O)OC(C)(C)C. The van der Waals surface area contributed by atoms with Gasteiger partial charge in [-0.3, -0.25) is 0 Å². The zero-order valence-electron chi connectivity index (χ0n) is 17.0. The molecule has 1 unspecified atom stereocenters. The number of aliphatic hydroxyl groups excluding tert-OH is 1. The lowest BCUT2D eigenvalue weighted by Gasteiger charge is -2.22. The summed E-state index contributed by atoms with van der Waals surface area (Å²) in [5.41, 5.74) is 4.28. The van der Waals surface area contributed by atoms with Crippen LogP contribution >= 0.6 is 0 Å². The molecule has 0 aliphatic rings. The van der Waals surface area contributed by atoms with E-state index >= 15 is 0 Å². The van der Waals surface area contributed by atoms with Gasteiger partial charge in [-0.2, -0.15) is 0 Å². The van der Waals surface area contributed by atoms with E-state index in [-0.39, 0.29) is 6.04 Å². The number of hydrogen-bond donors (Lipinski definition) is 3. The number of amides is 1. The van der Waals surface area contributed by atoms with Gasteiger partial charge in [0, 0.05) is 13.2 Å². The van der Waals surface area contributed by atoms with E-state index in [0.717, 1.165) is 0 Å². The van der Waals surface area contributed by atoms with Crippen molar-refractivity contribution in [3.05, 3.63) is 0 Å². The highest BCUT2D eigenvalue weighted by atomic mass is 16.6. The highest BCUT2D eigenvalue weighted by molar-refractivity contribution is 5.75. The number of carbonyl (C=O) groups excluding carboxylic acids is 2. The number of ether oxygens (including phenoxy) is 3. The molecule has 150 valence electrons. The molecule has 3 atom stereocenters. The molecule has 0 saturated carbocycles. The molecule has 0 aliphatic heterocycles. The van der Waals surface area contributed by atoms with E-state index in [4.69, 9.17) is 25.1 Å². The van der Waals surface area contributed by atoms with Crippen LogP contribution in [0.2, 0.25) is 0 Å². The van der Waals surface area contributed by atoms with E-state index in [1.807, 2.05) is 27.7 Å². The van der Waals surface area contributed by atoms with E-state index in [1.54, 1.807) is 34.8 Å². The monoisotopic (exact) mass is 364 g/mol. The topological polar surface area (TPSA) is 120 Å². The van der Waals surface area contributed by atoms with E-state index in [9.17, 15) is 9.59 Å². The Morgan fingerprint density at radius 2 is 1.48 bits per heavy atom. The quantitative estimate of drug-likeness (QED) is 0.633. The lowest BCUT2D eigenvalue weighted by Crippen LogP contribution is -2.42. The molecule has 0 fully saturated rings. The molecular weight excluding hydrogens is 328 g/mol.